The second-order valence-electron chi connectivity index (χ2n) is 2.97. The molecule has 0 aliphatic carbocycles. The van der Waals surface area contributed by atoms with Crippen molar-refractivity contribution in [3.8, 4) is 6.07 Å². The van der Waals surface area contributed by atoms with Gasteiger partial charge < -0.3 is 5.32 Å². The van der Waals surface area contributed by atoms with E-state index < -0.39 is 0 Å². The molecular formula is C10H7N3O. The van der Waals surface area contributed by atoms with Crippen LogP contribution in [0.3, 0.4) is 0 Å². The highest BCUT2D eigenvalue weighted by Gasteiger charge is 2.26. The van der Waals surface area contributed by atoms with E-state index in [-0.39, 0.29) is 5.91 Å². The van der Waals surface area contributed by atoms with E-state index in [2.05, 4.69) is 10.3 Å². The largest absolute Gasteiger partial charge is 0.306 e. The molecule has 2 heterocycles. The number of carbonyl (C=O) groups is 1. The molecule has 1 N–H and O–H groups in total. The molecule has 0 atom stereocenters. The number of rotatable bonds is 0. The van der Waals surface area contributed by atoms with Gasteiger partial charge in [0.25, 0.3) is 5.91 Å². The van der Waals surface area contributed by atoms with Crippen LogP contribution >= 0.6 is 0 Å². The Morgan fingerprint density at radius 2 is 2.43 bits per heavy atom. The van der Waals surface area contributed by atoms with Crippen LogP contribution in [0.1, 0.15) is 12.5 Å². The van der Waals surface area contributed by atoms with Crippen LogP contribution in [0.5, 0.6) is 0 Å². The predicted octanol–water partition coefficient (Wildman–Crippen LogP) is 1.33. The second kappa shape index (κ2) is 2.96. The number of hydrogen-bond acceptors (Lipinski definition) is 3. The van der Waals surface area contributed by atoms with Crippen molar-refractivity contribution in [3.05, 3.63) is 29.5 Å². The van der Waals surface area contributed by atoms with E-state index >= 15 is 0 Å². The number of hydrogen-bond donors (Lipinski definition) is 1. The SMILES string of the molecule is C/C(C#N)=C1\C(=O)Nc2ncccc21. The normalized spacial score (nSPS) is 17.0. The molecule has 1 aromatic rings. The maximum atomic E-state index is 11.5. The van der Waals surface area contributed by atoms with Gasteiger partial charge in [0.15, 0.2) is 0 Å². The molecule has 0 spiro atoms. The summed E-state index contributed by atoms with van der Waals surface area (Å²) < 4.78 is 0. The summed E-state index contributed by atoms with van der Waals surface area (Å²) in [4.78, 5) is 15.5. The van der Waals surface area contributed by atoms with Crippen LogP contribution in [0.25, 0.3) is 5.57 Å². The van der Waals surface area contributed by atoms with Gasteiger partial charge in [-0.05, 0) is 19.1 Å². The van der Waals surface area contributed by atoms with E-state index in [4.69, 9.17) is 5.26 Å². The zero-order valence-electron chi connectivity index (χ0n) is 7.53. The Kier molecular flexibility index (Phi) is 1.79. The standard InChI is InChI=1S/C10H7N3O/c1-6(5-11)8-7-3-2-4-12-9(7)13-10(8)14/h2-4H,1H3,(H,12,13,14)/b8-6+. The van der Waals surface area contributed by atoms with Crippen molar-refractivity contribution >= 4 is 17.3 Å². The molecule has 4 heteroatoms. The fourth-order valence-electron chi connectivity index (χ4n) is 1.43. The summed E-state index contributed by atoms with van der Waals surface area (Å²) in [5, 5.41) is 11.3. The molecular weight excluding hydrogens is 178 g/mol. The van der Waals surface area contributed by atoms with Gasteiger partial charge in [-0.1, -0.05) is 0 Å². The molecule has 1 aliphatic rings. The van der Waals surface area contributed by atoms with Gasteiger partial charge in [-0.3, -0.25) is 4.79 Å². The third-order valence-corrected chi connectivity index (χ3v) is 2.08. The Hall–Kier alpha value is -2.15. The fourth-order valence-corrected chi connectivity index (χ4v) is 1.43. The summed E-state index contributed by atoms with van der Waals surface area (Å²) in [6.07, 6.45) is 1.60. The monoisotopic (exact) mass is 185 g/mol. The first-order chi connectivity index (χ1) is 6.74. The lowest BCUT2D eigenvalue weighted by Gasteiger charge is -1.95. The zero-order valence-corrected chi connectivity index (χ0v) is 7.53. The lowest BCUT2D eigenvalue weighted by atomic mass is 10.1. The first-order valence-electron chi connectivity index (χ1n) is 4.11. The van der Waals surface area contributed by atoms with Gasteiger partial charge in [0.05, 0.1) is 11.6 Å². The molecule has 14 heavy (non-hydrogen) atoms. The highest BCUT2D eigenvalue weighted by molar-refractivity contribution is 6.32. The van der Waals surface area contributed by atoms with Crippen LogP contribution in [0.15, 0.2) is 23.9 Å². The number of nitrogens with zero attached hydrogens (tertiary/aromatic N) is 2. The van der Waals surface area contributed by atoms with Gasteiger partial charge in [-0.15, -0.1) is 0 Å². The number of aromatic nitrogens is 1. The number of nitriles is 1. The Labute approximate surface area is 80.9 Å². The summed E-state index contributed by atoms with van der Waals surface area (Å²) in [5.41, 5.74) is 1.54. The Morgan fingerprint density at radius 3 is 3.14 bits per heavy atom. The molecule has 1 aliphatic heterocycles. The Bertz CT molecular complexity index is 482. The number of allylic oxidation sites excluding steroid dienone is 1. The lowest BCUT2D eigenvalue weighted by Crippen LogP contribution is -2.05. The van der Waals surface area contributed by atoms with E-state index in [0.717, 1.165) is 0 Å². The second-order valence-corrected chi connectivity index (χ2v) is 2.97. The van der Waals surface area contributed by atoms with Crippen molar-refractivity contribution in [2.75, 3.05) is 5.32 Å². The molecule has 4 nitrogen and oxygen atoms in total. The molecule has 0 fully saturated rings. The molecule has 0 saturated heterocycles. The van der Waals surface area contributed by atoms with Crippen LogP contribution in [-0.2, 0) is 4.79 Å². The Morgan fingerprint density at radius 1 is 1.64 bits per heavy atom. The number of carbonyl (C=O) groups excluding carboxylic acids is 1. The highest BCUT2D eigenvalue weighted by atomic mass is 16.2. The van der Waals surface area contributed by atoms with E-state index in [1.165, 1.54) is 0 Å². The first kappa shape index (κ1) is 8.45. The number of amides is 1. The van der Waals surface area contributed by atoms with Crippen molar-refractivity contribution in [1.29, 1.82) is 5.26 Å². The van der Waals surface area contributed by atoms with Gasteiger partial charge in [-0.25, -0.2) is 4.98 Å². The molecule has 0 radical (unpaired) electrons. The third-order valence-electron chi connectivity index (χ3n) is 2.08. The molecule has 68 valence electrons. The summed E-state index contributed by atoms with van der Waals surface area (Å²) in [7, 11) is 0. The van der Waals surface area contributed by atoms with Crippen LogP contribution in [0.4, 0.5) is 5.82 Å². The van der Waals surface area contributed by atoms with E-state index in [1.54, 1.807) is 25.3 Å². The van der Waals surface area contributed by atoms with Gasteiger partial charge in [0, 0.05) is 17.3 Å². The van der Waals surface area contributed by atoms with Gasteiger partial charge >= 0.3 is 0 Å². The van der Waals surface area contributed by atoms with Crippen molar-refractivity contribution in [2.24, 2.45) is 0 Å². The smallest absolute Gasteiger partial charge is 0.258 e. The number of anilines is 1. The quantitative estimate of drug-likeness (QED) is 0.489. The molecule has 0 aromatic carbocycles. The minimum atomic E-state index is -0.252. The van der Waals surface area contributed by atoms with Crippen molar-refractivity contribution in [1.82, 2.24) is 4.98 Å². The number of pyridine rings is 1. The van der Waals surface area contributed by atoms with E-state index in [9.17, 15) is 4.79 Å². The summed E-state index contributed by atoms with van der Waals surface area (Å²) in [6.45, 7) is 1.62. The minimum absolute atomic E-state index is 0.252. The van der Waals surface area contributed by atoms with E-state index in [0.29, 0.717) is 22.5 Å². The van der Waals surface area contributed by atoms with Crippen molar-refractivity contribution in [3.63, 3.8) is 0 Å². The first-order valence-corrected chi connectivity index (χ1v) is 4.11. The summed E-state index contributed by atoms with van der Waals surface area (Å²) in [6, 6.07) is 5.48. The van der Waals surface area contributed by atoms with E-state index in [1.807, 2.05) is 6.07 Å². The Balaban J connectivity index is 2.68. The predicted molar refractivity (Wildman–Crippen MR) is 51.1 cm³/mol. The van der Waals surface area contributed by atoms with Crippen molar-refractivity contribution in [2.45, 2.75) is 6.92 Å². The maximum Gasteiger partial charge on any atom is 0.258 e. The molecule has 1 amide bonds. The number of fused-ring (bicyclic) bond motifs is 1. The summed E-state index contributed by atoms with van der Waals surface area (Å²) in [5.74, 6) is 0.278. The minimum Gasteiger partial charge on any atom is -0.306 e. The molecule has 0 saturated carbocycles. The summed E-state index contributed by atoms with van der Waals surface area (Å²) >= 11 is 0. The topological polar surface area (TPSA) is 65.8 Å². The highest BCUT2D eigenvalue weighted by Crippen LogP contribution is 2.31. The van der Waals surface area contributed by atoms with Crippen LogP contribution < -0.4 is 5.32 Å². The number of nitrogens with one attached hydrogen (secondary N) is 1. The van der Waals surface area contributed by atoms with Gasteiger partial charge in [-0.2, -0.15) is 5.26 Å². The van der Waals surface area contributed by atoms with Gasteiger partial charge in [0.2, 0.25) is 0 Å². The molecule has 1 aromatic heterocycles. The van der Waals surface area contributed by atoms with Crippen LogP contribution in [0.2, 0.25) is 0 Å². The fraction of sp³-hybridized carbons (Fsp3) is 0.100. The van der Waals surface area contributed by atoms with Gasteiger partial charge in [0.1, 0.15) is 5.82 Å². The average molecular weight is 185 g/mol. The molecule has 0 bridgehead atoms. The molecule has 2 rings (SSSR count). The third kappa shape index (κ3) is 1.07. The van der Waals surface area contributed by atoms with Crippen LogP contribution in [0, 0.1) is 11.3 Å². The average Bonchev–Trinajstić information content (AvgIpc) is 2.53. The zero-order chi connectivity index (χ0) is 10.1. The molecule has 0 unspecified atom stereocenters. The van der Waals surface area contributed by atoms with Crippen molar-refractivity contribution < 1.29 is 4.79 Å². The maximum absolute atomic E-state index is 11.5. The lowest BCUT2D eigenvalue weighted by molar-refractivity contribution is -0.110. The van der Waals surface area contributed by atoms with Crippen LogP contribution in [-0.4, -0.2) is 10.9 Å².